The van der Waals surface area contributed by atoms with Gasteiger partial charge in [-0.2, -0.15) is 0 Å². The molecule has 2 unspecified atom stereocenters. The minimum absolute atomic E-state index is 0.0274. The number of hydrogen-bond acceptors (Lipinski definition) is 7. The van der Waals surface area contributed by atoms with Crippen LogP contribution in [-0.2, 0) is 28.5 Å². The van der Waals surface area contributed by atoms with Gasteiger partial charge in [-0.3, -0.25) is 9.59 Å². The van der Waals surface area contributed by atoms with Crippen molar-refractivity contribution in [2.24, 2.45) is 5.92 Å². The van der Waals surface area contributed by atoms with Crippen LogP contribution in [0.5, 0.6) is 0 Å². The van der Waals surface area contributed by atoms with E-state index in [9.17, 15) is 14.4 Å². The van der Waals surface area contributed by atoms with Crippen molar-refractivity contribution in [2.75, 3.05) is 19.8 Å². The summed E-state index contributed by atoms with van der Waals surface area (Å²) in [5, 5.41) is 2.80. The molecule has 184 valence electrons. The molecule has 0 spiro atoms. The molecular formula is C24H41NO7. The van der Waals surface area contributed by atoms with E-state index in [-0.39, 0.29) is 25.2 Å². The van der Waals surface area contributed by atoms with Gasteiger partial charge in [0.1, 0.15) is 17.3 Å². The highest BCUT2D eigenvalue weighted by Gasteiger charge is 2.37. The van der Waals surface area contributed by atoms with Gasteiger partial charge in [0.15, 0.2) is 5.79 Å². The second kappa shape index (κ2) is 13.6. The molecule has 1 aliphatic rings. The highest BCUT2D eigenvalue weighted by Crippen LogP contribution is 2.31. The van der Waals surface area contributed by atoms with Crippen LogP contribution in [0.25, 0.3) is 0 Å². The highest BCUT2D eigenvalue weighted by atomic mass is 16.7. The SMILES string of the molecule is C=CCC(C(=O)CC(CCC1(CCCC)OCCO1)NC(=O)OC(C)(C)C)C(=O)OCC. The molecule has 1 aliphatic heterocycles. The quantitative estimate of drug-likeness (QED) is 0.237. The zero-order valence-corrected chi connectivity index (χ0v) is 20.4. The lowest BCUT2D eigenvalue weighted by Crippen LogP contribution is -2.43. The largest absolute Gasteiger partial charge is 0.465 e. The van der Waals surface area contributed by atoms with Crippen molar-refractivity contribution in [1.82, 2.24) is 5.32 Å². The lowest BCUT2D eigenvalue weighted by atomic mass is 9.92. The molecule has 8 heteroatoms. The number of Topliss-reactive ketones (excluding diaryl/α,β-unsaturated/α-hetero) is 1. The predicted octanol–water partition coefficient (Wildman–Crippen LogP) is 4.31. The summed E-state index contributed by atoms with van der Waals surface area (Å²) >= 11 is 0. The summed E-state index contributed by atoms with van der Waals surface area (Å²) in [5.74, 6) is -2.52. The summed E-state index contributed by atoms with van der Waals surface area (Å²) < 4.78 is 22.2. The molecule has 1 N–H and O–H groups in total. The number of ketones is 1. The number of carbonyl (C=O) groups is 3. The van der Waals surface area contributed by atoms with Crippen LogP contribution in [0.2, 0.25) is 0 Å². The van der Waals surface area contributed by atoms with Crippen molar-refractivity contribution in [3.8, 4) is 0 Å². The Morgan fingerprint density at radius 3 is 2.34 bits per heavy atom. The fourth-order valence-corrected chi connectivity index (χ4v) is 3.60. The van der Waals surface area contributed by atoms with Crippen LogP contribution < -0.4 is 5.32 Å². The molecule has 0 saturated carbocycles. The molecule has 0 radical (unpaired) electrons. The van der Waals surface area contributed by atoms with Crippen LogP contribution in [0, 0.1) is 5.92 Å². The van der Waals surface area contributed by atoms with E-state index < -0.39 is 35.4 Å². The van der Waals surface area contributed by atoms with Crippen molar-refractivity contribution in [3.05, 3.63) is 12.7 Å². The number of rotatable bonds is 14. The Morgan fingerprint density at radius 2 is 1.81 bits per heavy atom. The van der Waals surface area contributed by atoms with E-state index in [0.29, 0.717) is 26.1 Å². The predicted molar refractivity (Wildman–Crippen MR) is 121 cm³/mol. The monoisotopic (exact) mass is 455 g/mol. The van der Waals surface area contributed by atoms with Crippen molar-refractivity contribution in [2.45, 2.75) is 97.0 Å². The van der Waals surface area contributed by atoms with Crippen LogP contribution in [-0.4, -0.2) is 55.1 Å². The van der Waals surface area contributed by atoms with Crippen LogP contribution in [0.3, 0.4) is 0 Å². The summed E-state index contributed by atoms with van der Waals surface area (Å²) in [7, 11) is 0. The van der Waals surface area contributed by atoms with Gasteiger partial charge in [0, 0.05) is 25.3 Å². The average Bonchev–Trinajstić information content (AvgIpc) is 3.16. The maximum Gasteiger partial charge on any atom is 0.407 e. The molecule has 1 rings (SSSR count). The first-order valence-corrected chi connectivity index (χ1v) is 11.6. The Hall–Kier alpha value is -1.93. The Kier molecular flexibility index (Phi) is 11.9. The fourth-order valence-electron chi connectivity index (χ4n) is 3.60. The zero-order valence-electron chi connectivity index (χ0n) is 20.4. The number of ether oxygens (including phenoxy) is 4. The molecule has 1 amide bonds. The number of alkyl carbamates (subject to hydrolysis) is 1. The lowest BCUT2D eigenvalue weighted by Gasteiger charge is -2.30. The van der Waals surface area contributed by atoms with E-state index in [0.717, 1.165) is 19.3 Å². The third kappa shape index (κ3) is 10.1. The number of carbonyl (C=O) groups excluding carboxylic acids is 3. The number of esters is 1. The maximum atomic E-state index is 13.0. The van der Waals surface area contributed by atoms with Gasteiger partial charge in [0.2, 0.25) is 0 Å². The smallest absolute Gasteiger partial charge is 0.407 e. The Labute approximate surface area is 192 Å². The van der Waals surface area contributed by atoms with E-state index in [1.54, 1.807) is 27.7 Å². The molecule has 2 atom stereocenters. The first-order valence-electron chi connectivity index (χ1n) is 11.6. The number of nitrogens with one attached hydrogen (secondary N) is 1. The number of unbranched alkanes of at least 4 members (excludes halogenated alkanes) is 1. The summed E-state index contributed by atoms with van der Waals surface area (Å²) in [4.78, 5) is 37.6. The van der Waals surface area contributed by atoms with E-state index in [2.05, 4.69) is 18.8 Å². The third-order valence-corrected chi connectivity index (χ3v) is 5.13. The van der Waals surface area contributed by atoms with E-state index in [1.165, 1.54) is 6.08 Å². The molecule has 0 aliphatic carbocycles. The summed E-state index contributed by atoms with van der Waals surface area (Å²) in [6.45, 7) is 14.0. The van der Waals surface area contributed by atoms with Gasteiger partial charge in [-0.1, -0.05) is 19.4 Å². The highest BCUT2D eigenvalue weighted by molar-refractivity contribution is 5.99. The van der Waals surface area contributed by atoms with Crippen molar-refractivity contribution < 1.29 is 33.3 Å². The van der Waals surface area contributed by atoms with E-state index in [1.807, 2.05) is 0 Å². The Bertz CT molecular complexity index is 620. The van der Waals surface area contributed by atoms with Crippen molar-refractivity contribution in [1.29, 1.82) is 0 Å². The standard InChI is InChI=1S/C24H41NO7/c1-7-10-13-24(30-15-16-31-24)14-12-18(25-22(28)32-23(4,5)6)17-20(26)19(11-8-2)21(27)29-9-3/h8,18-19H,2,7,9-17H2,1,3-6H3,(H,25,28). The summed E-state index contributed by atoms with van der Waals surface area (Å²) in [5.41, 5.74) is -0.672. The Balaban J connectivity index is 2.93. The average molecular weight is 456 g/mol. The fraction of sp³-hybridized carbons (Fsp3) is 0.792. The number of amides is 1. The zero-order chi connectivity index (χ0) is 24.2. The molecule has 0 aromatic carbocycles. The first-order chi connectivity index (χ1) is 15.1. The minimum atomic E-state index is -0.941. The molecule has 0 aromatic heterocycles. The van der Waals surface area contributed by atoms with Gasteiger partial charge in [-0.25, -0.2) is 4.79 Å². The summed E-state index contributed by atoms with van der Waals surface area (Å²) in [6, 6.07) is -0.537. The lowest BCUT2D eigenvalue weighted by molar-refractivity contribution is -0.169. The Morgan fingerprint density at radius 1 is 1.16 bits per heavy atom. The third-order valence-electron chi connectivity index (χ3n) is 5.13. The van der Waals surface area contributed by atoms with Gasteiger partial charge >= 0.3 is 12.1 Å². The molecule has 0 bridgehead atoms. The van der Waals surface area contributed by atoms with Crippen molar-refractivity contribution in [3.63, 3.8) is 0 Å². The molecule has 1 saturated heterocycles. The second-order valence-electron chi connectivity index (χ2n) is 9.09. The molecule has 8 nitrogen and oxygen atoms in total. The second-order valence-corrected chi connectivity index (χ2v) is 9.09. The normalized spacial score (nSPS) is 17.3. The van der Waals surface area contributed by atoms with Crippen LogP contribution in [0.15, 0.2) is 12.7 Å². The van der Waals surface area contributed by atoms with Gasteiger partial charge in [-0.15, -0.1) is 6.58 Å². The van der Waals surface area contributed by atoms with Crippen LogP contribution in [0.4, 0.5) is 4.79 Å². The topological polar surface area (TPSA) is 100 Å². The van der Waals surface area contributed by atoms with Gasteiger partial charge in [0.05, 0.1) is 19.8 Å². The number of hydrogen-bond donors (Lipinski definition) is 1. The molecule has 1 fully saturated rings. The van der Waals surface area contributed by atoms with Gasteiger partial charge in [-0.05, 0) is 47.0 Å². The first kappa shape index (κ1) is 28.1. The summed E-state index contributed by atoms with van der Waals surface area (Å²) in [6.07, 6.45) is 4.74. The molecular weight excluding hydrogens is 414 g/mol. The molecule has 32 heavy (non-hydrogen) atoms. The van der Waals surface area contributed by atoms with Crippen LogP contribution in [0.1, 0.15) is 79.6 Å². The number of allylic oxidation sites excluding steroid dienone is 1. The van der Waals surface area contributed by atoms with Crippen LogP contribution >= 0.6 is 0 Å². The molecule has 1 heterocycles. The minimum Gasteiger partial charge on any atom is -0.465 e. The van der Waals surface area contributed by atoms with Gasteiger partial charge in [0.25, 0.3) is 0 Å². The maximum absolute atomic E-state index is 13.0. The van der Waals surface area contributed by atoms with Gasteiger partial charge < -0.3 is 24.3 Å². The van der Waals surface area contributed by atoms with E-state index in [4.69, 9.17) is 18.9 Å². The van der Waals surface area contributed by atoms with E-state index >= 15 is 0 Å². The molecule has 0 aromatic rings. The van der Waals surface area contributed by atoms with Crippen molar-refractivity contribution >= 4 is 17.8 Å².